The largest absolute Gasteiger partial charge is 0.368 e. The van der Waals surface area contributed by atoms with Crippen molar-refractivity contribution in [1.82, 2.24) is 25.1 Å². The van der Waals surface area contributed by atoms with Gasteiger partial charge in [-0.05, 0) is 29.7 Å². The van der Waals surface area contributed by atoms with Crippen molar-refractivity contribution in [3.05, 3.63) is 64.9 Å². The molecule has 1 aromatic heterocycles. The molecule has 4 N–H and O–H groups in total. The van der Waals surface area contributed by atoms with Crippen LogP contribution >= 0.6 is 11.6 Å². The molecule has 3 amide bonds. The molecular weight excluding hydrogens is 478 g/mol. The maximum atomic E-state index is 12.6. The SMILES string of the molecule is CC(C)[C@H](Nc1nc(CN2CCN(C(=O)NCc3ccccc3Cl)CC2)nc2ccccc12)C(N)=O. The average Bonchev–Trinajstić information content (AvgIpc) is 2.86. The molecule has 4 rings (SSSR count). The fraction of sp³-hybridized carbons (Fsp3) is 0.385. The van der Waals surface area contributed by atoms with Crippen LogP contribution in [-0.2, 0) is 17.9 Å². The number of nitrogens with two attached hydrogens (primary N) is 1. The van der Waals surface area contributed by atoms with Crippen LogP contribution in [0.4, 0.5) is 10.6 Å². The van der Waals surface area contributed by atoms with Crippen LogP contribution in [-0.4, -0.2) is 63.9 Å². The lowest BCUT2D eigenvalue weighted by atomic mass is 10.0. The molecule has 1 atom stereocenters. The van der Waals surface area contributed by atoms with Gasteiger partial charge in [-0.2, -0.15) is 0 Å². The van der Waals surface area contributed by atoms with Gasteiger partial charge in [0.05, 0.1) is 12.1 Å². The van der Waals surface area contributed by atoms with Gasteiger partial charge in [0.15, 0.2) is 0 Å². The molecule has 9 nitrogen and oxygen atoms in total. The fourth-order valence-electron chi connectivity index (χ4n) is 4.25. The van der Waals surface area contributed by atoms with E-state index in [2.05, 4.69) is 15.5 Å². The Morgan fingerprint density at radius 1 is 1.03 bits per heavy atom. The zero-order chi connectivity index (χ0) is 25.7. The molecule has 0 spiro atoms. The van der Waals surface area contributed by atoms with Crippen molar-refractivity contribution >= 4 is 40.3 Å². The standard InChI is InChI=1S/C26H32ClN7O2/c1-17(2)23(24(28)35)32-25-19-8-4-6-10-21(19)30-22(31-25)16-33-11-13-34(14-12-33)26(36)29-15-18-7-3-5-9-20(18)27/h3-10,17,23H,11-16H2,1-2H3,(H2,28,35)(H,29,36)(H,30,31,32)/t23-/m0/s1. The van der Waals surface area contributed by atoms with E-state index in [0.717, 1.165) is 16.5 Å². The highest BCUT2D eigenvalue weighted by Crippen LogP contribution is 2.23. The molecule has 0 saturated carbocycles. The molecule has 0 aliphatic carbocycles. The van der Waals surface area contributed by atoms with Gasteiger partial charge in [0.2, 0.25) is 5.91 Å². The normalized spacial score (nSPS) is 15.2. The second-order valence-corrected chi connectivity index (χ2v) is 9.69. The number of nitrogens with one attached hydrogen (secondary N) is 2. The van der Waals surface area contributed by atoms with E-state index in [1.54, 1.807) is 0 Å². The molecule has 1 aliphatic rings. The maximum absolute atomic E-state index is 12.6. The summed E-state index contributed by atoms with van der Waals surface area (Å²) in [6.07, 6.45) is 0. The number of benzene rings is 2. The van der Waals surface area contributed by atoms with E-state index in [1.807, 2.05) is 67.3 Å². The molecule has 1 fully saturated rings. The number of primary amides is 1. The Hall–Kier alpha value is -3.43. The van der Waals surface area contributed by atoms with E-state index in [-0.39, 0.29) is 11.9 Å². The summed E-state index contributed by atoms with van der Waals surface area (Å²) >= 11 is 6.18. The van der Waals surface area contributed by atoms with E-state index in [9.17, 15) is 9.59 Å². The Balaban J connectivity index is 1.39. The van der Waals surface area contributed by atoms with Crippen LogP contribution in [0.2, 0.25) is 5.02 Å². The number of rotatable bonds is 8. The Morgan fingerprint density at radius 2 is 1.72 bits per heavy atom. The lowest BCUT2D eigenvalue weighted by molar-refractivity contribution is -0.119. The highest BCUT2D eigenvalue weighted by Gasteiger charge is 2.24. The number of hydrogen-bond donors (Lipinski definition) is 3. The van der Waals surface area contributed by atoms with Crippen molar-refractivity contribution < 1.29 is 9.59 Å². The van der Waals surface area contributed by atoms with Crippen LogP contribution in [0.25, 0.3) is 10.9 Å². The average molecular weight is 510 g/mol. The summed E-state index contributed by atoms with van der Waals surface area (Å²) < 4.78 is 0. The summed E-state index contributed by atoms with van der Waals surface area (Å²) in [5.41, 5.74) is 7.31. The summed E-state index contributed by atoms with van der Waals surface area (Å²) in [6, 6.07) is 14.6. The number of amides is 3. The molecule has 1 saturated heterocycles. The van der Waals surface area contributed by atoms with Crippen LogP contribution in [0.5, 0.6) is 0 Å². The minimum absolute atomic E-state index is 0.0109. The quantitative estimate of drug-likeness (QED) is 0.429. The van der Waals surface area contributed by atoms with Crippen LogP contribution in [0.15, 0.2) is 48.5 Å². The van der Waals surface area contributed by atoms with Crippen molar-refractivity contribution in [2.24, 2.45) is 11.7 Å². The van der Waals surface area contributed by atoms with E-state index >= 15 is 0 Å². The third-order valence-electron chi connectivity index (χ3n) is 6.33. The van der Waals surface area contributed by atoms with Crippen molar-refractivity contribution in [2.45, 2.75) is 33.0 Å². The zero-order valence-corrected chi connectivity index (χ0v) is 21.3. The minimum Gasteiger partial charge on any atom is -0.368 e. The first kappa shape index (κ1) is 25.7. The first-order valence-electron chi connectivity index (χ1n) is 12.1. The molecule has 0 unspecified atom stereocenters. The van der Waals surface area contributed by atoms with Gasteiger partial charge in [-0.1, -0.05) is 55.8 Å². The topological polar surface area (TPSA) is 116 Å². The molecule has 0 radical (unpaired) electrons. The van der Waals surface area contributed by atoms with E-state index in [0.29, 0.717) is 55.9 Å². The summed E-state index contributed by atoms with van der Waals surface area (Å²) in [5, 5.41) is 7.67. The molecule has 10 heteroatoms. The Kier molecular flexibility index (Phi) is 8.22. The molecule has 2 aromatic carbocycles. The Labute approximate surface area is 216 Å². The number of fused-ring (bicyclic) bond motifs is 1. The molecule has 36 heavy (non-hydrogen) atoms. The highest BCUT2D eigenvalue weighted by atomic mass is 35.5. The van der Waals surface area contributed by atoms with Crippen LogP contribution in [0.3, 0.4) is 0 Å². The number of hydrogen-bond acceptors (Lipinski definition) is 6. The van der Waals surface area contributed by atoms with Gasteiger partial charge in [0, 0.05) is 43.1 Å². The van der Waals surface area contributed by atoms with Gasteiger partial charge in [-0.15, -0.1) is 0 Å². The number of urea groups is 1. The zero-order valence-electron chi connectivity index (χ0n) is 20.6. The van der Waals surface area contributed by atoms with Crippen LogP contribution in [0.1, 0.15) is 25.2 Å². The molecule has 3 aromatic rings. The third-order valence-corrected chi connectivity index (χ3v) is 6.70. The molecular formula is C26H32ClN7O2. The fourth-order valence-corrected chi connectivity index (χ4v) is 4.46. The lowest BCUT2D eigenvalue weighted by Gasteiger charge is -2.34. The monoisotopic (exact) mass is 509 g/mol. The predicted octanol–water partition coefficient (Wildman–Crippen LogP) is 3.23. The maximum Gasteiger partial charge on any atom is 0.317 e. The summed E-state index contributed by atoms with van der Waals surface area (Å²) in [6.45, 7) is 7.42. The van der Waals surface area contributed by atoms with Crippen molar-refractivity contribution in [3.63, 3.8) is 0 Å². The number of carbonyl (C=O) groups is 2. The van der Waals surface area contributed by atoms with Gasteiger partial charge in [0.25, 0.3) is 0 Å². The van der Waals surface area contributed by atoms with Crippen molar-refractivity contribution in [1.29, 1.82) is 0 Å². The van der Waals surface area contributed by atoms with Gasteiger partial charge in [0.1, 0.15) is 17.7 Å². The molecule has 0 bridgehead atoms. The smallest absolute Gasteiger partial charge is 0.317 e. The number of nitrogens with zero attached hydrogens (tertiary/aromatic N) is 4. The van der Waals surface area contributed by atoms with E-state index in [1.165, 1.54) is 0 Å². The first-order chi connectivity index (χ1) is 17.3. The molecule has 1 aliphatic heterocycles. The Morgan fingerprint density at radius 3 is 2.42 bits per heavy atom. The van der Waals surface area contributed by atoms with Crippen molar-refractivity contribution in [2.75, 3.05) is 31.5 Å². The first-order valence-corrected chi connectivity index (χ1v) is 12.5. The van der Waals surface area contributed by atoms with Crippen LogP contribution in [0, 0.1) is 5.92 Å². The summed E-state index contributed by atoms with van der Waals surface area (Å²) in [4.78, 5) is 38.1. The summed E-state index contributed by atoms with van der Waals surface area (Å²) in [7, 11) is 0. The van der Waals surface area contributed by atoms with Gasteiger partial charge in [-0.3, -0.25) is 9.69 Å². The van der Waals surface area contributed by atoms with Crippen LogP contribution < -0.4 is 16.4 Å². The Bertz CT molecular complexity index is 1230. The number of aromatic nitrogens is 2. The third kappa shape index (κ3) is 6.22. The second-order valence-electron chi connectivity index (χ2n) is 9.29. The van der Waals surface area contributed by atoms with Gasteiger partial charge < -0.3 is 21.3 Å². The number of para-hydroxylation sites is 1. The molecule has 2 heterocycles. The summed E-state index contributed by atoms with van der Waals surface area (Å²) in [5.74, 6) is 0.848. The number of piperazine rings is 1. The highest BCUT2D eigenvalue weighted by molar-refractivity contribution is 6.31. The number of halogens is 1. The van der Waals surface area contributed by atoms with E-state index < -0.39 is 11.9 Å². The van der Waals surface area contributed by atoms with Gasteiger partial charge in [-0.25, -0.2) is 14.8 Å². The second kappa shape index (κ2) is 11.5. The van der Waals surface area contributed by atoms with Crippen molar-refractivity contribution in [3.8, 4) is 0 Å². The number of anilines is 1. The lowest BCUT2D eigenvalue weighted by Crippen LogP contribution is -2.51. The van der Waals surface area contributed by atoms with E-state index in [4.69, 9.17) is 27.3 Å². The van der Waals surface area contributed by atoms with Gasteiger partial charge >= 0.3 is 6.03 Å². The minimum atomic E-state index is -0.538. The predicted molar refractivity (Wildman–Crippen MR) is 142 cm³/mol. The molecule has 190 valence electrons. The number of carbonyl (C=O) groups excluding carboxylic acids is 2.